The normalized spacial score (nSPS) is 11.4. The minimum absolute atomic E-state index is 0.177. The molecule has 0 unspecified atom stereocenters. The minimum Gasteiger partial charge on any atom is -0.379 e. The second-order valence-electron chi connectivity index (χ2n) is 3.26. The van der Waals surface area contributed by atoms with Crippen molar-refractivity contribution in [3.63, 3.8) is 0 Å². The van der Waals surface area contributed by atoms with Gasteiger partial charge in [-0.25, -0.2) is 8.78 Å². The fraction of sp³-hybridized carbons (Fsp3) is 0.300. The standard InChI is InChI=1S/C10H7BrF4N2/c11-7-1-6(4-16)2-8(3-7)17-5-10(14,15)9(12)13/h1-3,9,17H,5H2. The van der Waals surface area contributed by atoms with Crippen LogP contribution >= 0.6 is 15.9 Å². The summed E-state index contributed by atoms with van der Waals surface area (Å²) in [6, 6.07) is 6.02. The summed E-state index contributed by atoms with van der Waals surface area (Å²) in [4.78, 5) is 0. The highest BCUT2D eigenvalue weighted by atomic mass is 79.9. The maximum absolute atomic E-state index is 12.6. The number of halogens is 5. The van der Waals surface area contributed by atoms with Crippen molar-refractivity contribution in [2.24, 2.45) is 0 Å². The van der Waals surface area contributed by atoms with Gasteiger partial charge in [0, 0.05) is 10.2 Å². The van der Waals surface area contributed by atoms with Crippen LogP contribution in [0.4, 0.5) is 23.2 Å². The number of hydrogen-bond acceptors (Lipinski definition) is 2. The van der Waals surface area contributed by atoms with E-state index >= 15 is 0 Å². The Balaban J connectivity index is 2.77. The molecule has 0 aliphatic rings. The minimum atomic E-state index is -4.10. The Kier molecular flexibility index (Phi) is 4.34. The molecule has 1 aromatic carbocycles. The largest absolute Gasteiger partial charge is 0.379 e. The van der Waals surface area contributed by atoms with Crippen molar-refractivity contribution in [3.05, 3.63) is 28.2 Å². The number of benzene rings is 1. The van der Waals surface area contributed by atoms with E-state index in [1.807, 2.05) is 6.07 Å². The molecule has 17 heavy (non-hydrogen) atoms. The molecule has 0 heterocycles. The molecule has 1 rings (SSSR count). The fourth-order valence-electron chi connectivity index (χ4n) is 1.05. The van der Waals surface area contributed by atoms with Crippen molar-refractivity contribution in [1.29, 1.82) is 5.26 Å². The van der Waals surface area contributed by atoms with Crippen LogP contribution in [-0.2, 0) is 0 Å². The number of hydrogen-bond donors (Lipinski definition) is 1. The van der Waals surface area contributed by atoms with E-state index in [1.54, 1.807) is 0 Å². The van der Waals surface area contributed by atoms with Crippen molar-refractivity contribution in [2.45, 2.75) is 12.3 Å². The maximum Gasteiger partial charge on any atom is 0.324 e. The molecule has 2 nitrogen and oxygen atoms in total. The average Bonchev–Trinajstić information content (AvgIpc) is 2.25. The van der Waals surface area contributed by atoms with Crippen molar-refractivity contribution in [2.75, 3.05) is 11.9 Å². The summed E-state index contributed by atoms with van der Waals surface area (Å²) in [7, 11) is 0. The highest BCUT2D eigenvalue weighted by Crippen LogP contribution is 2.25. The first-order valence-corrected chi connectivity index (χ1v) is 5.25. The van der Waals surface area contributed by atoms with Gasteiger partial charge in [-0.1, -0.05) is 15.9 Å². The van der Waals surface area contributed by atoms with E-state index in [0.717, 1.165) is 0 Å². The zero-order valence-electron chi connectivity index (χ0n) is 8.35. The number of nitrogens with one attached hydrogen (secondary N) is 1. The molecule has 7 heteroatoms. The van der Waals surface area contributed by atoms with E-state index in [0.29, 0.717) is 4.47 Å². The first-order chi connectivity index (χ1) is 7.85. The Hall–Kier alpha value is -1.29. The number of alkyl halides is 4. The average molecular weight is 311 g/mol. The molecule has 0 fully saturated rings. The van der Waals surface area contributed by atoms with Gasteiger partial charge in [-0.2, -0.15) is 14.0 Å². The van der Waals surface area contributed by atoms with Crippen molar-refractivity contribution >= 4 is 21.6 Å². The molecule has 0 amide bonds. The molecule has 0 saturated carbocycles. The highest BCUT2D eigenvalue weighted by molar-refractivity contribution is 9.10. The molecule has 0 spiro atoms. The lowest BCUT2D eigenvalue weighted by Crippen LogP contribution is -2.34. The van der Waals surface area contributed by atoms with Crippen LogP contribution in [0, 0.1) is 11.3 Å². The maximum atomic E-state index is 12.6. The van der Waals surface area contributed by atoms with Crippen LogP contribution in [0.2, 0.25) is 0 Å². The number of rotatable bonds is 4. The third-order valence-corrected chi connectivity index (χ3v) is 2.33. The summed E-state index contributed by atoms with van der Waals surface area (Å²) < 4.78 is 49.5. The third-order valence-electron chi connectivity index (χ3n) is 1.87. The van der Waals surface area contributed by atoms with E-state index < -0.39 is 18.9 Å². The molecule has 92 valence electrons. The lowest BCUT2D eigenvalue weighted by molar-refractivity contribution is -0.117. The number of anilines is 1. The lowest BCUT2D eigenvalue weighted by atomic mass is 10.2. The monoisotopic (exact) mass is 310 g/mol. The highest BCUT2D eigenvalue weighted by Gasteiger charge is 2.40. The molecular weight excluding hydrogens is 304 g/mol. The summed E-state index contributed by atoms with van der Waals surface area (Å²) in [5.74, 6) is -4.10. The predicted molar refractivity (Wildman–Crippen MR) is 58.3 cm³/mol. The smallest absolute Gasteiger partial charge is 0.324 e. The van der Waals surface area contributed by atoms with Crippen LogP contribution in [0.1, 0.15) is 5.56 Å². The van der Waals surface area contributed by atoms with Crippen molar-refractivity contribution in [3.8, 4) is 6.07 Å². The topological polar surface area (TPSA) is 35.8 Å². The number of nitrogens with zero attached hydrogens (tertiary/aromatic N) is 1. The van der Waals surface area contributed by atoms with Crippen molar-refractivity contribution in [1.82, 2.24) is 0 Å². The van der Waals surface area contributed by atoms with Gasteiger partial charge in [0.15, 0.2) is 0 Å². The fourth-order valence-corrected chi connectivity index (χ4v) is 1.55. The van der Waals surface area contributed by atoms with Gasteiger partial charge in [-0.3, -0.25) is 0 Å². The first-order valence-electron chi connectivity index (χ1n) is 4.45. The SMILES string of the molecule is N#Cc1cc(Br)cc(NCC(F)(F)C(F)F)c1. The summed E-state index contributed by atoms with van der Waals surface area (Å²) in [6.45, 7) is -1.19. The summed E-state index contributed by atoms with van der Waals surface area (Å²) in [5.41, 5.74) is 0.415. The van der Waals surface area contributed by atoms with Crippen LogP contribution in [0.25, 0.3) is 0 Å². The van der Waals surface area contributed by atoms with Gasteiger partial charge in [0.05, 0.1) is 18.2 Å². The van der Waals surface area contributed by atoms with Crippen LogP contribution in [0.3, 0.4) is 0 Å². The summed E-state index contributed by atoms with van der Waals surface area (Å²) in [6.07, 6.45) is -3.72. The molecule has 0 bridgehead atoms. The van der Waals surface area contributed by atoms with Crippen molar-refractivity contribution < 1.29 is 17.6 Å². The zero-order valence-corrected chi connectivity index (χ0v) is 9.94. The molecule has 1 aromatic rings. The first kappa shape index (κ1) is 13.8. The molecule has 0 aliphatic carbocycles. The van der Waals surface area contributed by atoms with Gasteiger partial charge in [-0.15, -0.1) is 0 Å². The van der Waals surface area contributed by atoms with Crippen LogP contribution in [-0.4, -0.2) is 18.9 Å². The summed E-state index contributed by atoms with van der Waals surface area (Å²) in [5, 5.41) is 10.8. The Labute approximate surface area is 103 Å². The lowest BCUT2D eigenvalue weighted by Gasteiger charge is -2.16. The van der Waals surface area contributed by atoms with E-state index in [1.165, 1.54) is 18.2 Å². The van der Waals surface area contributed by atoms with Crippen LogP contribution in [0.15, 0.2) is 22.7 Å². The zero-order chi connectivity index (χ0) is 13.1. The Morgan fingerprint density at radius 2 is 2.00 bits per heavy atom. The van der Waals surface area contributed by atoms with Gasteiger partial charge in [0.1, 0.15) is 0 Å². The molecule has 0 aliphatic heterocycles. The molecule has 0 aromatic heterocycles. The Morgan fingerprint density at radius 3 is 2.53 bits per heavy atom. The molecule has 0 saturated heterocycles. The van der Waals surface area contributed by atoms with Gasteiger partial charge in [0.2, 0.25) is 0 Å². The van der Waals surface area contributed by atoms with Gasteiger partial charge in [-0.05, 0) is 18.2 Å². The molecule has 0 radical (unpaired) electrons. The Bertz CT molecular complexity index is 442. The molecule has 1 N–H and O–H groups in total. The van der Waals surface area contributed by atoms with E-state index in [9.17, 15) is 17.6 Å². The second kappa shape index (κ2) is 5.36. The van der Waals surface area contributed by atoms with Gasteiger partial charge >= 0.3 is 12.3 Å². The second-order valence-corrected chi connectivity index (χ2v) is 4.17. The van der Waals surface area contributed by atoms with E-state index in [4.69, 9.17) is 5.26 Å². The van der Waals surface area contributed by atoms with Gasteiger partial charge < -0.3 is 5.32 Å². The molecular formula is C10H7BrF4N2. The quantitative estimate of drug-likeness (QED) is 0.862. The Morgan fingerprint density at radius 1 is 1.35 bits per heavy atom. The van der Waals surface area contributed by atoms with E-state index in [-0.39, 0.29) is 11.3 Å². The van der Waals surface area contributed by atoms with Gasteiger partial charge in [0.25, 0.3) is 0 Å². The predicted octanol–water partition coefficient (Wildman–Crippen LogP) is 3.63. The third kappa shape index (κ3) is 3.89. The molecule has 0 atom stereocenters. The van der Waals surface area contributed by atoms with E-state index in [2.05, 4.69) is 21.2 Å². The summed E-state index contributed by atoms with van der Waals surface area (Å²) >= 11 is 3.08. The van der Waals surface area contributed by atoms with Crippen LogP contribution in [0.5, 0.6) is 0 Å². The van der Waals surface area contributed by atoms with Crippen LogP contribution < -0.4 is 5.32 Å². The number of nitriles is 1.